The molecule has 1 aromatic heterocycles. The zero-order valence-electron chi connectivity index (χ0n) is 10.7. The zero-order chi connectivity index (χ0) is 13.0. The summed E-state index contributed by atoms with van der Waals surface area (Å²) in [6.07, 6.45) is 2.26. The monoisotopic (exact) mass is 248 g/mol. The van der Waals surface area contributed by atoms with Crippen molar-refractivity contribution in [3.8, 4) is 11.5 Å². The molecule has 1 aromatic carbocycles. The fourth-order valence-electron chi connectivity index (χ4n) is 1.72. The fraction of sp³-hybridized carbons (Fsp3) is 0.308. The molecule has 0 aliphatic rings. The lowest BCUT2D eigenvalue weighted by molar-refractivity contribution is 0.399. The summed E-state index contributed by atoms with van der Waals surface area (Å²) in [6, 6.07) is 6.19. The van der Waals surface area contributed by atoms with Crippen LogP contribution in [0, 0.1) is 0 Å². The Morgan fingerprint density at radius 3 is 2.72 bits per heavy atom. The Bertz CT molecular complexity index is 523. The van der Waals surface area contributed by atoms with Crippen LogP contribution in [-0.2, 0) is 6.42 Å². The summed E-state index contributed by atoms with van der Waals surface area (Å²) in [5.74, 6) is 1.60. The Hall–Kier alpha value is -2.17. The van der Waals surface area contributed by atoms with E-state index in [-0.39, 0.29) is 0 Å². The quantitative estimate of drug-likeness (QED) is 0.880. The van der Waals surface area contributed by atoms with E-state index < -0.39 is 0 Å². The second kappa shape index (κ2) is 5.44. The van der Waals surface area contributed by atoms with Crippen molar-refractivity contribution in [2.75, 3.05) is 26.6 Å². The van der Waals surface area contributed by atoms with Crippen molar-refractivity contribution in [2.24, 2.45) is 0 Å². The maximum absolute atomic E-state index is 5.32. The van der Waals surface area contributed by atoms with E-state index in [0.717, 1.165) is 22.8 Å². The molecule has 5 heteroatoms. The van der Waals surface area contributed by atoms with E-state index in [1.165, 1.54) is 0 Å². The first kappa shape index (κ1) is 12.3. The smallest absolute Gasteiger partial charge is 0.294 e. The first-order valence-corrected chi connectivity index (χ1v) is 5.60. The van der Waals surface area contributed by atoms with Crippen molar-refractivity contribution in [3.05, 3.63) is 35.7 Å². The number of nitrogens with zero attached hydrogens (tertiary/aromatic N) is 1. The third kappa shape index (κ3) is 2.56. The standard InChI is InChI=1S/C13H16N2O3/c1-14-13-15-10(8-18-13)6-9-7-11(16-2)4-5-12(9)17-3/h4-5,7-8H,6H2,1-3H3,(H,14,15). The minimum atomic E-state index is 0.506. The number of anilines is 1. The van der Waals surface area contributed by atoms with Gasteiger partial charge < -0.3 is 19.2 Å². The SMILES string of the molecule is CNc1nc(Cc2cc(OC)ccc2OC)co1. The van der Waals surface area contributed by atoms with Gasteiger partial charge in [0, 0.05) is 19.0 Å². The average Bonchev–Trinajstić information content (AvgIpc) is 2.86. The van der Waals surface area contributed by atoms with Crippen molar-refractivity contribution < 1.29 is 13.9 Å². The fourth-order valence-corrected chi connectivity index (χ4v) is 1.72. The third-order valence-electron chi connectivity index (χ3n) is 2.62. The second-order valence-corrected chi connectivity index (χ2v) is 3.75. The van der Waals surface area contributed by atoms with Gasteiger partial charge in [-0.2, -0.15) is 4.98 Å². The largest absolute Gasteiger partial charge is 0.497 e. The van der Waals surface area contributed by atoms with Gasteiger partial charge in [0.1, 0.15) is 17.8 Å². The molecule has 1 N–H and O–H groups in total. The number of rotatable bonds is 5. The Morgan fingerprint density at radius 1 is 1.28 bits per heavy atom. The molecule has 0 fully saturated rings. The predicted molar refractivity (Wildman–Crippen MR) is 68.4 cm³/mol. The summed E-state index contributed by atoms with van der Waals surface area (Å²) in [7, 11) is 5.05. The van der Waals surface area contributed by atoms with Crippen molar-refractivity contribution >= 4 is 6.01 Å². The van der Waals surface area contributed by atoms with Crippen molar-refractivity contribution in [1.82, 2.24) is 4.98 Å². The average molecular weight is 248 g/mol. The number of nitrogens with one attached hydrogen (secondary N) is 1. The summed E-state index contributed by atoms with van der Waals surface area (Å²) in [5, 5.41) is 2.85. The minimum Gasteiger partial charge on any atom is -0.497 e. The molecule has 0 atom stereocenters. The molecule has 18 heavy (non-hydrogen) atoms. The molecule has 0 aliphatic heterocycles. The molecular formula is C13H16N2O3. The molecule has 0 saturated heterocycles. The molecule has 0 spiro atoms. The molecule has 96 valence electrons. The predicted octanol–water partition coefficient (Wildman–Crippen LogP) is 2.32. The van der Waals surface area contributed by atoms with E-state index in [1.807, 2.05) is 18.2 Å². The van der Waals surface area contributed by atoms with Gasteiger partial charge in [-0.15, -0.1) is 0 Å². The lowest BCUT2D eigenvalue weighted by atomic mass is 10.1. The zero-order valence-corrected chi connectivity index (χ0v) is 10.7. The topological polar surface area (TPSA) is 56.5 Å². The number of methoxy groups -OCH3 is 2. The number of oxazole rings is 1. The van der Waals surface area contributed by atoms with Gasteiger partial charge in [-0.05, 0) is 18.2 Å². The summed E-state index contributed by atoms with van der Waals surface area (Å²) >= 11 is 0. The highest BCUT2D eigenvalue weighted by Gasteiger charge is 2.09. The number of hydrogen-bond donors (Lipinski definition) is 1. The van der Waals surface area contributed by atoms with E-state index in [9.17, 15) is 0 Å². The molecule has 2 rings (SSSR count). The highest BCUT2D eigenvalue weighted by molar-refractivity contribution is 5.42. The highest BCUT2D eigenvalue weighted by Crippen LogP contribution is 2.26. The molecule has 2 aromatic rings. The Morgan fingerprint density at radius 2 is 2.11 bits per heavy atom. The third-order valence-corrected chi connectivity index (χ3v) is 2.62. The van der Waals surface area contributed by atoms with Crippen LogP contribution >= 0.6 is 0 Å². The molecule has 0 bridgehead atoms. The van der Waals surface area contributed by atoms with Crippen LogP contribution in [0.15, 0.2) is 28.9 Å². The molecule has 0 radical (unpaired) electrons. The maximum atomic E-state index is 5.32. The molecule has 1 heterocycles. The van der Waals surface area contributed by atoms with Crippen LogP contribution in [0.3, 0.4) is 0 Å². The lowest BCUT2D eigenvalue weighted by Crippen LogP contribution is -1.96. The number of benzene rings is 1. The molecule has 0 unspecified atom stereocenters. The Kier molecular flexibility index (Phi) is 3.72. The van der Waals surface area contributed by atoms with E-state index in [1.54, 1.807) is 27.5 Å². The van der Waals surface area contributed by atoms with E-state index in [4.69, 9.17) is 13.9 Å². The second-order valence-electron chi connectivity index (χ2n) is 3.75. The van der Waals surface area contributed by atoms with Crippen LogP contribution in [0.5, 0.6) is 11.5 Å². The molecule has 0 saturated carbocycles. The first-order valence-electron chi connectivity index (χ1n) is 5.60. The van der Waals surface area contributed by atoms with Crippen LogP contribution in [0.1, 0.15) is 11.3 Å². The minimum absolute atomic E-state index is 0.506. The normalized spacial score (nSPS) is 10.2. The van der Waals surface area contributed by atoms with Gasteiger partial charge in [0.05, 0.1) is 19.9 Å². The van der Waals surface area contributed by atoms with E-state index in [0.29, 0.717) is 12.4 Å². The molecule has 0 aliphatic carbocycles. The van der Waals surface area contributed by atoms with E-state index >= 15 is 0 Å². The summed E-state index contributed by atoms with van der Waals surface area (Å²) in [5.41, 5.74) is 1.85. The van der Waals surface area contributed by atoms with Crippen LogP contribution in [0.2, 0.25) is 0 Å². The van der Waals surface area contributed by atoms with Gasteiger partial charge in [-0.3, -0.25) is 0 Å². The van der Waals surface area contributed by atoms with Crippen LogP contribution in [0.25, 0.3) is 0 Å². The van der Waals surface area contributed by atoms with Crippen LogP contribution < -0.4 is 14.8 Å². The van der Waals surface area contributed by atoms with Crippen LogP contribution in [0.4, 0.5) is 6.01 Å². The molecular weight excluding hydrogens is 232 g/mol. The summed E-state index contributed by atoms with van der Waals surface area (Å²) in [4.78, 5) is 4.28. The van der Waals surface area contributed by atoms with Crippen molar-refractivity contribution in [2.45, 2.75) is 6.42 Å². The van der Waals surface area contributed by atoms with Gasteiger partial charge in [-0.25, -0.2) is 0 Å². The van der Waals surface area contributed by atoms with Gasteiger partial charge in [0.25, 0.3) is 6.01 Å². The summed E-state index contributed by atoms with van der Waals surface area (Å²) in [6.45, 7) is 0. The Balaban J connectivity index is 2.25. The van der Waals surface area contributed by atoms with Gasteiger partial charge in [-0.1, -0.05) is 0 Å². The van der Waals surface area contributed by atoms with E-state index in [2.05, 4.69) is 10.3 Å². The number of aromatic nitrogens is 1. The highest BCUT2D eigenvalue weighted by atomic mass is 16.5. The van der Waals surface area contributed by atoms with Gasteiger partial charge >= 0.3 is 0 Å². The molecule has 5 nitrogen and oxygen atoms in total. The first-order chi connectivity index (χ1) is 8.76. The van der Waals surface area contributed by atoms with Crippen molar-refractivity contribution in [1.29, 1.82) is 0 Å². The number of ether oxygens (including phenoxy) is 2. The Labute approximate surface area is 106 Å². The van der Waals surface area contributed by atoms with Gasteiger partial charge in [0.2, 0.25) is 0 Å². The number of hydrogen-bond acceptors (Lipinski definition) is 5. The van der Waals surface area contributed by atoms with Crippen LogP contribution in [-0.4, -0.2) is 26.3 Å². The maximum Gasteiger partial charge on any atom is 0.294 e. The van der Waals surface area contributed by atoms with Crippen molar-refractivity contribution in [3.63, 3.8) is 0 Å². The molecule has 0 amide bonds. The summed E-state index contributed by atoms with van der Waals surface area (Å²) < 4.78 is 15.7. The van der Waals surface area contributed by atoms with Gasteiger partial charge in [0.15, 0.2) is 0 Å². The lowest BCUT2D eigenvalue weighted by Gasteiger charge is -2.09.